The van der Waals surface area contributed by atoms with Gasteiger partial charge in [-0.2, -0.15) is 0 Å². The molecule has 0 bridgehead atoms. The fourth-order valence-corrected chi connectivity index (χ4v) is 7.48. The van der Waals surface area contributed by atoms with E-state index in [4.69, 9.17) is 0 Å². The Morgan fingerprint density at radius 1 is 1.29 bits per heavy atom. The normalized spacial score (nSPS) is 79.6. The first-order valence-electron chi connectivity index (χ1n) is 6.03. The van der Waals surface area contributed by atoms with Crippen LogP contribution in [0.25, 0.3) is 0 Å². The third-order valence-electron chi connectivity index (χ3n) is 7.15. The number of aliphatic hydroxyl groups is 1. The average molecular weight is 188 g/mol. The van der Waals surface area contributed by atoms with Crippen molar-refractivity contribution in [2.75, 3.05) is 0 Å². The molecular weight excluding hydrogens is 172 g/mol. The monoisotopic (exact) mass is 188 g/mol. The summed E-state index contributed by atoms with van der Waals surface area (Å²) >= 11 is 0. The van der Waals surface area contributed by atoms with Crippen molar-refractivity contribution >= 4 is 0 Å². The molecule has 0 spiro atoms. The summed E-state index contributed by atoms with van der Waals surface area (Å²) in [6.45, 7) is 5.94. The maximum absolute atomic E-state index is 10.1. The maximum Gasteiger partial charge on any atom is 0.0579 e. The minimum absolute atomic E-state index is 0.0533. The number of hydrogen-bond acceptors (Lipinski definition) is 1. The zero-order valence-corrected chi connectivity index (χ0v) is 8.48. The van der Waals surface area contributed by atoms with Gasteiger partial charge in [-0.3, -0.25) is 0 Å². The SMILES string of the molecule is C=CCC12C3C4C5C3C1(C(C)O)C5C42. The summed E-state index contributed by atoms with van der Waals surface area (Å²) < 4.78 is 0. The van der Waals surface area contributed by atoms with Crippen molar-refractivity contribution in [1.82, 2.24) is 0 Å². The van der Waals surface area contributed by atoms with Crippen molar-refractivity contribution in [3.05, 3.63) is 12.7 Å². The van der Waals surface area contributed by atoms with E-state index in [2.05, 4.69) is 12.7 Å². The van der Waals surface area contributed by atoms with Crippen molar-refractivity contribution in [3.8, 4) is 0 Å². The topological polar surface area (TPSA) is 20.2 Å². The van der Waals surface area contributed by atoms with E-state index in [1.165, 1.54) is 6.42 Å². The van der Waals surface area contributed by atoms with E-state index < -0.39 is 0 Å². The molecule has 1 N–H and O–H groups in total. The Hall–Kier alpha value is -0.300. The summed E-state index contributed by atoms with van der Waals surface area (Å²) in [5.74, 6) is 6.13. The van der Waals surface area contributed by atoms with E-state index >= 15 is 0 Å². The van der Waals surface area contributed by atoms with Crippen LogP contribution < -0.4 is 0 Å². The van der Waals surface area contributed by atoms with Gasteiger partial charge in [-0.15, -0.1) is 6.58 Å². The van der Waals surface area contributed by atoms with Crippen molar-refractivity contribution < 1.29 is 5.11 Å². The molecule has 1 nitrogen and oxygen atoms in total. The molecule has 0 radical (unpaired) electrons. The molecule has 6 fully saturated rings. The van der Waals surface area contributed by atoms with Gasteiger partial charge in [0.15, 0.2) is 0 Å². The van der Waals surface area contributed by atoms with Crippen LogP contribution in [0.1, 0.15) is 13.3 Å². The summed E-state index contributed by atoms with van der Waals surface area (Å²) in [7, 11) is 0. The highest BCUT2D eigenvalue weighted by Crippen LogP contribution is 3.11. The van der Waals surface area contributed by atoms with Gasteiger partial charge in [-0.25, -0.2) is 0 Å². The summed E-state index contributed by atoms with van der Waals surface area (Å²) in [5.41, 5.74) is 0.966. The van der Waals surface area contributed by atoms with Crippen LogP contribution in [-0.4, -0.2) is 11.2 Å². The Morgan fingerprint density at radius 2 is 1.86 bits per heavy atom. The molecule has 6 aliphatic carbocycles. The highest BCUT2D eigenvalue weighted by atomic mass is 16.3. The summed E-state index contributed by atoms with van der Waals surface area (Å²) in [5, 5.41) is 10.1. The smallest absolute Gasteiger partial charge is 0.0579 e. The van der Waals surface area contributed by atoms with Crippen LogP contribution in [0.15, 0.2) is 12.7 Å². The van der Waals surface area contributed by atoms with Crippen molar-refractivity contribution in [3.63, 3.8) is 0 Å². The van der Waals surface area contributed by atoms with E-state index in [0.29, 0.717) is 10.8 Å². The summed E-state index contributed by atoms with van der Waals surface area (Å²) in [4.78, 5) is 0. The van der Waals surface area contributed by atoms with Gasteiger partial charge in [0.2, 0.25) is 0 Å². The van der Waals surface area contributed by atoms with Gasteiger partial charge in [-0.1, -0.05) is 6.08 Å². The third-order valence-corrected chi connectivity index (χ3v) is 7.15. The van der Waals surface area contributed by atoms with Gasteiger partial charge >= 0.3 is 0 Å². The van der Waals surface area contributed by atoms with Crippen molar-refractivity contribution in [2.24, 2.45) is 46.3 Å². The first-order valence-corrected chi connectivity index (χ1v) is 6.03. The van der Waals surface area contributed by atoms with Crippen LogP contribution in [0.3, 0.4) is 0 Å². The molecule has 6 aliphatic rings. The Morgan fingerprint density at radius 3 is 2.36 bits per heavy atom. The number of allylic oxidation sites excluding steroid dienone is 1. The summed E-state index contributed by atoms with van der Waals surface area (Å²) in [6.07, 6.45) is 3.23. The molecule has 5 atom stereocenters. The standard InChI is InChI=1S/C13H16O/c1-3-4-12-8-6-7-10(8)13(12,5(2)14)11(7)9(6)12/h3,5-11,14H,1,4H2,2H3. The maximum atomic E-state index is 10.1. The molecule has 14 heavy (non-hydrogen) atoms. The molecule has 0 aromatic heterocycles. The van der Waals surface area contributed by atoms with E-state index in [0.717, 1.165) is 35.5 Å². The minimum Gasteiger partial charge on any atom is -0.393 e. The fourth-order valence-electron chi connectivity index (χ4n) is 7.48. The Bertz CT molecular complexity index is 363. The predicted octanol–water partition coefficient (Wildman–Crippen LogP) is 1.68. The highest BCUT2D eigenvalue weighted by Gasteiger charge is 3.10. The lowest BCUT2D eigenvalue weighted by molar-refractivity contribution is -0.671. The number of aliphatic hydroxyl groups excluding tert-OH is 1. The van der Waals surface area contributed by atoms with Crippen LogP contribution in [0, 0.1) is 46.3 Å². The second-order valence-electron chi connectivity index (χ2n) is 6.40. The van der Waals surface area contributed by atoms with Gasteiger partial charge in [-0.05, 0) is 54.3 Å². The van der Waals surface area contributed by atoms with Crippen molar-refractivity contribution in [2.45, 2.75) is 19.4 Å². The lowest BCUT2D eigenvalue weighted by Gasteiger charge is -3.12. The first-order chi connectivity index (χ1) is 6.74. The highest BCUT2D eigenvalue weighted by molar-refractivity contribution is 5.56. The Labute approximate surface area is 84.2 Å². The summed E-state index contributed by atoms with van der Waals surface area (Å²) in [6, 6.07) is 0. The second-order valence-corrected chi connectivity index (χ2v) is 6.40. The van der Waals surface area contributed by atoms with E-state index in [1.54, 1.807) is 0 Å². The first kappa shape index (κ1) is 7.05. The van der Waals surface area contributed by atoms with Gasteiger partial charge < -0.3 is 5.11 Å². The molecule has 6 saturated carbocycles. The lowest BCUT2D eigenvalue weighted by atomic mass is 8.91. The molecule has 0 aromatic carbocycles. The van der Waals surface area contributed by atoms with E-state index in [1.807, 2.05) is 6.92 Å². The quantitative estimate of drug-likeness (QED) is 0.668. The average Bonchev–Trinajstić information content (AvgIpc) is 2.17. The van der Waals surface area contributed by atoms with Crippen LogP contribution in [-0.2, 0) is 0 Å². The molecule has 0 saturated heterocycles. The van der Waals surface area contributed by atoms with Crippen LogP contribution in [0.4, 0.5) is 0 Å². The zero-order valence-electron chi connectivity index (χ0n) is 8.48. The fraction of sp³-hybridized carbons (Fsp3) is 0.846. The third kappa shape index (κ3) is 0.268. The van der Waals surface area contributed by atoms with Crippen LogP contribution in [0.5, 0.6) is 0 Å². The minimum atomic E-state index is -0.0533. The number of hydrogen-bond donors (Lipinski definition) is 1. The molecule has 0 aliphatic heterocycles. The predicted molar refractivity (Wildman–Crippen MR) is 52.3 cm³/mol. The van der Waals surface area contributed by atoms with E-state index in [-0.39, 0.29) is 6.10 Å². The van der Waals surface area contributed by atoms with Gasteiger partial charge in [0.1, 0.15) is 0 Å². The molecular formula is C13H16O. The Balaban J connectivity index is 1.66. The molecule has 5 unspecified atom stereocenters. The number of rotatable bonds is 3. The molecule has 0 heterocycles. The van der Waals surface area contributed by atoms with Gasteiger partial charge in [0.05, 0.1) is 6.10 Å². The molecule has 1 heteroatoms. The largest absolute Gasteiger partial charge is 0.393 e. The van der Waals surface area contributed by atoms with Gasteiger partial charge in [0.25, 0.3) is 0 Å². The molecule has 0 aromatic rings. The zero-order chi connectivity index (χ0) is 9.46. The van der Waals surface area contributed by atoms with E-state index in [9.17, 15) is 5.11 Å². The van der Waals surface area contributed by atoms with Crippen molar-refractivity contribution in [1.29, 1.82) is 0 Å². The molecule has 6 rings (SSSR count). The second kappa shape index (κ2) is 1.44. The van der Waals surface area contributed by atoms with Crippen LogP contribution >= 0.6 is 0 Å². The molecule has 0 amide bonds. The van der Waals surface area contributed by atoms with Crippen LogP contribution in [0.2, 0.25) is 0 Å². The van der Waals surface area contributed by atoms with Gasteiger partial charge in [0, 0.05) is 5.41 Å². The Kier molecular flexibility index (Phi) is 0.727. The lowest BCUT2D eigenvalue weighted by Crippen LogP contribution is -3.11. The molecule has 74 valence electrons.